The van der Waals surface area contributed by atoms with Gasteiger partial charge in [-0.3, -0.25) is 0 Å². The Bertz CT molecular complexity index is 181. The number of nitrogens with one attached hydrogen (secondary N) is 1. The lowest BCUT2D eigenvalue weighted by Crippen LogP contribution is -2.34. The minimum absolute atomic E-state index is 0.213. The molecule has 14 heavy (non-hydrogen) atoms. The molecule has 1 saturated heterocycles. The fraction of sp³-hybridized carbons (Fsp3) is 1.00. The van der Waals surface area contributed by atoms with Crippen LogP contribution in [0.3, 0.4) is 0 Å². The first-order valence-corrected chi connectivity index (χ1v) is 5.57. The van der Waals surface area contributed by atoms with Crippen molar-refractivity contribution in [1.82, 2.24) is 5.32 Å². The van der Waals surface area contributed by atoms with Gasteiger partial charge in [-0.15, -0.1) is 0 Å². The average molecular weight is 200 g/mol. The van der Waals surface area contributed by atoms with Crippen molar-refractivity contribution in [1.29, 1.82) is 0 Å². The molecule has 0 unspecified atom stereocenters. The first kappa shape index (κ1) is 10.4. The van der Waals surface area contributed by atoms with Gasteiger partial charge in [-0.2, -0.15) is 0 Å². The van der Waals surface area contributed by atoms with Crippen LogP contribution in [0, 0.1) is 0 Å². The predicted molar refractivity (Wildman–Crippen MR) is 53.9 cm³/mol. The molecule has 0 aromatic carbocycles. The van der Waals surface area contributed by atoms with Gasteiger partial charge in [0, 0.05) is 32.5 Å². The lowest BCUT2D eigenvalue weighted by Gasteiger charge is -2.21. The van der Waals surface area contributed by atoms with E-state index in [-0.39, 0.29) is 11.9 Å². The number of hydrogen-bond donors (Lipinski definition) is 2. The van der Waals surface area contributed by atoms with E-state index in [1.165, 1.54) is 12.8 Å². The summed E-state index contributed by atoms with van der Waals surface area (Å²) < 4.78 is 11.7. The smallest absolute Gasteiger partial charge is 0.168 e. The van der Waals surface area contributed by atoms with Gasteiger partial charge in [-0.25, -0.2) is 0 Å². The first-order chi connectivity index (χ1) is 6.85. The van der Waals surface area contributed by atoms with E-state index in [1.807, 2.05) is 0 Å². The highest BCUT2D eigenvalue weighted by Crippen LogP contribution is 2.38. The van der Waals surface area contributed by atoms with Crippen LogP contribution in [0.15, 0.2) is 0 Å². The molecule has 3 N–H and O–H groups in total. The van der Waals surface area contributed by atoms with Crippen molar-refractivity contribution in [3.8, 4) is 0 Å². The van der Waals surface area contributed by atoms with E-state index < -0.39 is 0 Å². The van der Waals surface area contributed by atoms with Gasteiger partial charge in [-0.05, 0) is 12.8 Å². The molecule has 0 bridgehead atoms. The van der Waals surface area contributed by atoms with Crippen LogP contribution < -0.4 is 11.1 Å². The van der Waals surface area contributed by atoms with E-state index in [9.17, 15) is 0 Å². The Hall–Kier alpha value is -0.160. The predicted octanol–water partition coefficient (Wildman–Crippen LogP) is 0.220. The van der Waals surface area contributed by atoms with Gasteiger partial charge >= 0.3 is 0 Å². The highest BCUT2D eigenvalue weighted by molar-refractivity contribution is 4.84. The third-order valence-electron chi connectivity index (χ3n) is 2.97. The van der Waals surface area contributed by atoms with E-state index in [0.717, 1.165) is 32.5 Å². The summed E-state index contributed by atoms with van der Waals surface area (Å²) in [5.41, 5.74) is 5.39. The molecule has 0 aromatic rings. The second kappa shape index (κ2) is 4.57. The third-order valence-corrected chi connectivity index (χ3v) is 2.97. The van der Waals surface area contributed by atoms with Crippen molar-refractivity contribution < 1.29 is 9.47 Å². The van der Waals surface area contributed by atoms with Crippen molar-refractivity contribution >= 4 is 0 Å². The Balaban J connectivity index is 1.71. The summed E-state index contributed by atoms with van der Waals surface area (Å²) >= 11 is 0. The van der Waals surface area contributed by atoms with Gasteiger partial charge in [0.2, 0.25) is 0 Å². The summed E-state index contributed by atoms with van der Waals surface area (Å²) in [5, 5.41) is 3.25. The molecule has 0 aromatic heterocycles. The molecule has 2 rings (SSSR count). The lowest BCUT2D eigenvalue weighted by atomic mass is 10.2. The van der Waals surface area contributed by atoms with Crippen molar-refractivity contribution in [2.24, 2.45) is 5.73 Å². The Labute approximate surface area is 85.1 Å². The second-order valence-corrected chi connectivity index (χ2v) is 4.16. The average Bonchev–Trinajstić information content (AvgIpc) is 2.79. The molecule has 82 valence electrons. The van der Waals surface area contributed by atoms with Crippen molar-refractivity contribution in [3.05, 3.63) is 0 Å². The zero-order valence-corrected chi connectivity index (χ0v) is 8.63. The summed E-state index contributed by atoms with van der Waals surface area (Å²) in [4.78, 5) is 0. The number of hydrogen-bond acceptors (Lipinski definition) is 4. The zero-order chi connectivity index (χ0) is 9.86. The Morgan fingerprint density at radius 3 is 2.86 bits per heavy atom. The van der Waals surface area contributed by atoms with Crippen LogP contribution in [0.2, 0.25) is 0 Å². The van der Waals surface area contributed by atoms with E-state index >= 15 is 0 Å². The number of ether oxygens (including phenoxy) is 2. The standard InChI is InChI=1S/C10H20N2O2/c11-5-6-12-7-9-8-13-10(14-9)3-1-2-4-10/h9,12H,1-8,11H2/t9-/m1/s1. The van der Waals surface area contributed by atoms with Gasteiger partial charge in [-0.1, -0.05) is 0 Å². The third kappa shape index (κ3) is 2.25. The molecular formula is C10H20N2O2. The van der Waals surface area contributed by atoms with Crippen LogP contribution in [0.25, 0.3) is 0 Å². The summed E-state index contributed by atoms with van der Waals surface area (Å²) in [6.45, 7) is 3.13. The van der Waals surface area contributed by atoms with E-state index in [0.29, 0.717) is 6.54 Å². The highest BCUT2D eigenvalue weighted by atomic mass is 16.7. The van der Waals surface area contributed by atoms with Gasteiger partial charge in [0.25, 0.3) is 0 Å². The molecule has 1 aliphatic carbocycles. The molecule has 1 atom stereocenters. The van der Waals surface area contributed by atoms with Crippen LogP contribution in [0.4, 0.5) is 0 Å². The molecule has 1 spiro atoms. The van der Waals surface area contributed by atoms with Gasteiger partial charge in [0.15, 0.2) is 5.79 Å². The van der Waals surface area contributed by atoms with Gasteiger partial charge in [0.1, 0.15) is 0 Å². The number of rotatable bonds is 4. The Morgan fingerprint density at radius 1 is 1.36 bits per heavy atom. The van der Waals surface area contributed by atoms with Crippen LogP contribution in [-0.2, 0) is 9.47 Å². The maximum Gasteiger partial charge on any atom is 0.168 e. The van der Waals surface area contributed by atoms with E-state index in [2.05, 4.69) is 5.32 Å². The Morgan fingerprint density at radius 2 is 2.14 bits per heavy atom. The molecular weight excluding hydrogens is 180 g/mol. The van der Waals surface area contributed by atoms with Gasteiger partial charge < -0.3 is 20.5 Å². The minimum atomic E-state index is -0.213. The topological polar surface area (TPSA) is 56.5 Å². The van der Waals surface area contributed by atoms with Crippen molar-refractivity contribution in [2.45, 2.75) is 37.6 Å². The quantitative estimate of drug-likeness (QED) is 0.637. The lowest BCUT2D eigenvalue weighted by molar-refractivity contribution is -0.161. The molecule has 0 radical (unpaired) electrons. The molecule has 1 aliphatic heterocycles. The van der Waals surface area contributed by atoms with Crippen LogP contribution in [0.5, 0.6) is 0 Å². The maximum absolute atomic E-state index is 5.93. The second-order valence-electron chi connectivity index (χ2n) is 4.16. The molecule has 4 nitrogen and oxygen atoms in total. The molecule has 2 aliphatic rings. The minimum Gasteiger partial charge on any atom is -0.347 e. The zero-order valence-electron chi connectivity index (χ0n) is 8.63. The highest BCUT2D eigenvalue weighted by Gasteiger charge is 2.43. The van der Waals surface area contributed by atoms with E-state index in [1.54, 1.807) is 0 Å². The summed E-state index contributed by atoms with van der Waals surface area (Å²) in [5.74, 6) is -0.213. The molecule has 2 fully saturated rings. The Kier molecular flexibility index (Phi) is 3.38. The van der Waals surface area contributed by atoms with E-state index in [4.69, 9.17) is 15.2 Å². The fourth-order valence-corrected chi connectivity index (χ4v) is 2.26. The van der Waals surface area contributed by atoms with Crippen molar-refractivity contribution in [2.75, 3.05) is 26.2 Å². The fourth-order valence-electron chi connectivity index (χ4n) is 2.26. The summed E-state index contributed by atoms with van der Waals surface area (Å²) in [6, 6.07) is 0. The first-order valence-electron chi connectivity index (χ1n) is 5.57. The molecule has 0 amide bonds. The summed E-state index contributed by atoms with van der Waals surface area (Å²) in [6.07, 6.45) is 4.84. The van der Waals surface area contributed by atoms with Crippen LogP contribution in [0.1, 0.15) is 25.7 Å². The normalized spacial score (nSPS) is 30.2. The van der Waals surface area contributed by atoms with Crippen LogP contribution in [-0.4, -0.2) is 38.1 Å². The number of nitrogens with two attached hydrogens (primary N) is 1. The molecule has 1 saturated carbocycles. The molecule has 1 heterocycles. The monoisotopic (exact) mass is 200 g/mol. The van der Waals surface area contributed by atoms with Crippen molar-refractivity contribution in [3.63, 3.8) is 0 Å². The maximum atomic E-state index is 5.93. The largest absolute Gasteiger partial charge is 0.347 e. The summed E-state index contributed by atoms with van der Waals surface area (Å²) in [7, 11) is 0. The van der Waals surface area contributed by atoms with Crippen LogP contribution >= 0.6 is 0 Å². The molecule has 4 heteroatoms. The van der Waals surface area contributed by atoms with Gasteiger partial charge in [0.05, 0.1) is 12.7 Å². The SMILES string of the molecule is NCCNC[C@@H]1COC2(CCCC2)O1.